The number of amides is 1. The molecule has 2 N–H and O–H groups in total. The Hall–Kier alpha value is -2.28. The first kappa shape index (κ1) is 19.1. The van der Waals surface area contributed by atoms with E-state index in [9.17, 15) is 4.79 Å². The van der Waals surface area contributed by atoms with Gasteiger partial charge in [0.15, 0.2) is 0 Å². The predicted molar refractivity (Wildman–Crippen MR) is 106 cm³/mol. The van der Waals surface area contributed by atoms with Gasteiger partial charge in [0.05, 0.1) is 13.1 Å². The lowest BCUT2D eigenvalue weighted by atomic mass is 9.86. The summed E-state index contributed by atoms with van der Waals surface area (Å²) in [5.41, 5.74) is 2.28. The van der Waals surface area contributed by atoms with E-state index in [0.717, 1.165) is 18.5 Å². The number of likely N-dealkylation sites (tertiary alicyclic amines) is 1. The van der Waals surface area contributed by atoms with Crippen LogP contribution in [0.5, 0.6) is 0 Å². The van der Waals surface area contributed by atoms with Crippen LogP contribution in [0.2, 0.25) is 0 Å². The number of benzene rings is 1. The van der Waals surface area contributed by atoms with Crippen molar-refractivity contribution in [3.8, 4) is 11.4 Å². The van der Waals surface area contributed by atoms with Gasteiger partial charge in [0.25, 0.3) is 0 Å². The number of rotatable bonds is 6. The summed E-state index contributed by atoms with van der Waals surface area (Å²) in [6.45, 7) is 5.97. The molecule has 0 radical (unpaired) electrons. The Balaban J connectivity index is 1.32. The highest BCUT2D eigenvalue weighted by Crippen LogP contribution is 2.23. The highest BCUT2D eigenvalue weighted by Gasteiger charge is 2.23. The summed E-state index contributed by atoms with van der Waals surface area (Å²) in [4.78, 5) is 15.4. The number of aromatic nitrogens is 4. The molecular weight excluding hydrogens is 352 g/mol. The molecule has 0 spiro atoms. The first-order valence-electron chi connectivity index (χ1n) is 10.7. The van der Waals surface area contributed by atoms with E-state index >= 15 is 0 Å². The standard InChI is InChI=1S/C21H30N6O/c1-16-6-2-3-7-19(16)22-20(28)15-27-24-21(23-25-27)18-10-8-17(9-11-18)14-26-12-4-5-13-26/h8-11,16,19H,2-7,12-15H2,1H3,(H,22,28)/p+1/t16-,19+/m0/s1. The highest BCUT2D eigenvalue weighted by atomic mass is 16.2. The van der Waals surface area contributed by atoms with Gasteiger partial charge in [0.2, 0.25) is 11.7 Å². The van der Waals surface area contributed by atoms with Crippen LogP contribution < -0.4 is 10.2 Å². The van der Waals surface area contributed by atoms with Crippen LogP contribution >= 0.6 is 0 Å². The van der Waals surface area contributed by atoms with Gasteiger partial charge in [-0.25, -0.2) is 0 Å². The average molecular weight is 384 g/mol. The van der Waals surface area contributed by atoms with Gasteiger partial charge >= 0.3 is 0 Å². The van der Waals surface area contributed by atoms with Crippen molar-refractivity contribution in [3.63, 3.8) is 0 Å². The molecule has 150 valence electrons. The first-order valence-corrected chi connectivity index (χ1v) is 10.7. The van der Waals surface area contributed by atoms with Gasteiger partial charge in [-0.05, 0) is 24.0 Å². The van der Waals surface area contributed by atoms with E-state index in [-0.39, 0.29) is 18.5 Å². The fourth-order valence-electron chi connectivity index (χ4n) is 4.45. The molecule has 1 aliphatic heterocycles. The number of tetrazole rings is 1. The monoisotopic (exact) mass is 383 g/mol. The Morgan fingerprint density at radius 3 is 2.64 bits per heavy atom. The lowest BCUT2D eigenvalue weighted by molar-refractivity contribution is -0.901. The van der Waals surface area contributed by atoms with Crippen LogP contribution in [0.15, 0.2) is 24.3 Å². The number of nitrogens with one attached hydrogen (secondary N) is 2. The molecule has 1 aliphatic carbocycles. The SMILES string of the molecule is C[C@H]1CCCC[C@H]1NC(=O)Cn1nnc(-c2ccc(C[NH+]3CCCC3)cc2)n1. The van der Waals surface area contributed by atoms with Crippen molar-refractivity contribution in [2.75, 3.05) is 13.1 Å². The highest BCUT2D eigenvalue weighted by molar-refractivity contribution is 5.75. The van der Waals surface area contributed by atoms with Gasteiger partial charge in [-0.15, -0.1) is 10.2 Å². The molecule has 7 heteroatoms. The second-order valence-electron chi connectivity index (χ2n) is 8.41. The molecule has 1 saturated carbocycles. The smallest absolute Gasteiger partial charge is 0.243 e. The van der Waals surface area contributed by atoms with E-state index in [2.05, 4.69) is 51.9 Å². The zero-order chi connectivity index (χ0) is 19.3. The lowest BCUT2D eigenvalue weighted by Crippen LogP contribution is -3.08. The van der Waals surface area contributed by atoms with Crippen molar-refractivity contribution in [1.82, 2.24) is 25.5 Å². The van der Waals surface area contributed by atoms with Gasteiger partial charge in [-0.1, -0.05) is 44.0 Å². The quantitative estimate of drug-likeness (QED) is 0.786. The Labute approximate surface area is 166 Å². The normalized spacial score (nSPS) is 23.0. The summed E-state index contributed by atoms with van der Waals surface area (Å²) in [6, 6.07) is 8.68. The molecule has 7 nitrogen and oxygen atoms in total. The number of nitrogens with zero attached hydrogens (tertiary/aromatic N) is 4. The van der Waals surface area contributed by atoms with E-state index < -0.39 is 0 Å². The Morgan fingerprint density at radius 1 is 1.14 bits per heavy atom. The van der Waals surface area contributed by atoms with Crippen LogP contribution in [0.4, 0.5) is 0 Å². The molecular formula is C21H31N6O+. The molecule has 1 aromatic carbocycles. The Kier molecular flexibility index (Phi) is 6.00. The van der Waals surface area contributed by atoms with Crippen molar-refractivity contribution in [1.29, 1.82) is 0 Å². The van der Waals surface area contributed by atoms with Gasteiger partial charge in [0.1, 0.15) is 13.1 Å². The minimum absolute atomic E-state index is 0.0355. The molecule has 0 bridgehead atoms. The summed E-state index contributed by atoms with van der Waals surface area (Å²) in [5, 5.41) is 15.7. The zero-order valence-electron chi connectivity index (χ0n) is 16.7. The van der Waals surface area contributed by atoms with Crippen LogP contribution in [0.25, 0.3) is 11.4 Å². The van der Waals surface area contributed by atoms with Crippen molar-refractivity contribution >= 4 is 5.91 Å². The molecule has 2 aliphatic rings. The summed E-state index contributed by atoms with van der Waals surface area (Å²) < 4.78 is 0. The van der Waals surface area contributed by atoms with E-state index in [1.807, 2.05) is 0 Å². The minimum atomic E-state index is -0.0355. The second kappa shape index (κ2) is 8.82. The number of carbonyl (C=O) groups excluding carboxylic acids is 1. The van der Waals surface area contributed by atoms with Gasteiger partial charge < -0.3 is 10.2 Å². The van der Waals surface area contributed by atoms with Crippen LogP contribution in [-0.2, 0) is 17.9 Å². The fraction of sp³-hybridized carbons (Fsp3) is 0.619. The summed E-state index contributed by atoms with van der Waals surface area (Å²) >= 11 is 0. The zero-order valence-corrected chi connectivity index (χ0v) is 16.7. The molecule has 0 unspecified atom stereocenters. The van der Waals surface area contributed by atoms with E-state index in [0.29, 0.717) is 11.7 Å². The maximum Gasteiger partial charge on any atom is 0.243 e. The second-order valence-corrected chi connectivity index (χ2v) is 8.41. The maximum atomic E-state index is 12.3. The minimum Gasteiger partial charge on any atom is -0.351 e. The third-order valence-electron chi connectivity index (χ3n) is 6.17. The van der Waals surface area contributed by atoms with Gasteiger partial charge in [0, 0.05) is 30.0 Å². The molecule has 4 rings (SSSR count). The van der Waals surface area contributed by atoms with Crippen molar-refractivity contribution < 1.29 is 9.69 Å². The van der Waals surface area contributed by atoms with E-state index in [4.69, 9.17) is 0 Å². The topological polar surface area (TPSA) is 77.1 Å². The predicted octanol–water partition coefficient (Wildman–Crippen LogP) is 1.21. The third kappa shape index (κ3) is 4.76. The molecule has 28 heavy (non-hydrogen) atoms. The average Bonchev–Trinajstić information content (AvgIpc) is 3.36. The first-order chi connectivity index (χ1) is 13.7. The molecule has 1 saturated heterocycles. The number of hydrogen-bond donors (Lipinski definition) is 2. The van der Waals surface area contributed by atoms with Crippen LogP contribution in [-0.4, -0.2) is 45.2 Å². The summed E-state index contributed by atoms with van der Waals surface area (Å²) in [7, 11) is 0. The fourth-order valence-corrected chi connectivity index (χ4v) is 4.45. The number of hydrogen-bond acceptors (Lipinski definition) is 4. The molecule has 2 aromatic rings. The number of carbonyl (C=O) groups is 1. The molecule has 2 atom stereocenters. The van der Waals surface area contributed by atoms with Crippen molar-refractivity contribution in [2.45, 2.75) is 64.6 Å². The van der Waals surface area contributed by atoms with Crippen molar-refractivity contribution in [2.24, 2.45) is 5.92 Å². The molecule has 2 fully saturated rings. The molecule has 1 amide bonds. The largest absolute Gasteiger partial charge is 0.351 e. The van der Waals surface area contributed by atoms with Crippen LogP contribution in [0, 0.1) is 5.92 Å². The van der Waals surface area contributed by atoms with Gasteiger partial charge in [-0.2, -0.15) is 4.80 Å². The Bertz CT molecular complexity index is 780. The van der Waals surface area contributed by atoms with E-state index in [1.54, 1.807) is 4.90 Å². The van der Waals surface area contributed by atoms with Crippen LogP contribution in [0.1, 0.15) is 51.0 Å². The van der Waals surface area contributed by atoms with E-state index in [1.165, 1.54) is 55.6 Å². The van der Waals surface area contributed by atoms with Crippen molar-refractivity contribution in [3.05, 3.63) is 29.8 Å². The summed E-state index contributed by atoms with van der Waals surface area (Å²) in [6.07, 6.45) is 7.39. The Morgan fingerprint density at radius 2 is 1.89 bits per heavy atom. The molecule has 1 aromatic heterocycles. The summed E-state index contributed by atoms with van der Waals surface area (Å²) in [5.74, 6) is 1.07. The third-order valence-corrected chi connectivity index (χ3v) is 6.17. The maximum absolute atomic E-state index is 12.3. The number of quaternary nitrogens is 1. The lowest BCUT2D eigenvalue weighted by Gasteiger charge is -2.29. The molecule has 2 heterocycles. The van der Waals surface area contributed by atoms with Crippen LogP contribution in [0.3, 0.4) is 0 Å². The van der Waals surface area contributed by atoms with Gasteiger partial charge in [-0.3, -0.25) is 4.79 Å².